The van der Waals surface area contributed by atoms with E-state index >= 15 is 0 Å². The minimum Gasteiger partial charge on any atom is -0.378 e. The Balaban J connectivity index is 1.27. The quantitative estimate of drug-likeness (QED) is 0.400. The lowest BCUT2D eigenvalue weighted by Crippen LogP contribution is -2.36. The molecule has 8 heteroatoms. The number of benzene rings is 3. The van der Waals surface area contributed by atoms with Crippen molar-refractivity contribution >= 4 is 29.0 Å². The molecular weight excluding hydrogens is 446 g/mol. The van der Waals surface area contributed by atoms with Gasteiger partial charge in [-0.25, -0.2) is 0 Å². The normalized spacial score (nSPS) is 13.6. The van der Waals surface area contributed by atoms with Crippen molar-refractivity contribution in [1.82, 2.24) is 14.8 Å². The first kappa shape index (κ1) is 22.2. The zero-order valence-electron chi connectivity index (χ0n) is 18.6. The number of nitrogens with one attached hydrogen (secondary N) is 1. The smallest absolute Gasteiger partial charge is 0.234 e. The number of aromatic nitrogens is 3. The molecule has 0 unspecified atom stereocenters. The maximum Gasteiger partial charge on any atom is 0.234 e. The van der Waals surface area contributed by atoms with Crippen molar-refractivity contribution in [2.75, 3.05) is 42.3 Å². The predicted molar refractivity (Wildman–Crippen MR) is 136 cm³/mol. The number of hydrogen-bond donors (Lipinski definition) is 1. The molecule has 0 bridgehead atoms. The maximum absolute atomic E-state index is 12.7. The van der Waals surface area contributed by atoms with E-state index in [0.717, 1.165) is 54.8 Å². The molecule has 1 aliphatic heterocycles. The molecular formula is C26H25N5O2S. The van der Waals surface area contributed by atoms with Crippen LogP contribution < -0.4 is 10.2 Å². The van der Waals surface area contributed by atoms with Gasteiger partial charge in [-0.1, -0.05) is 60.3 Å². The fraction of sp³-hybridized carbons (Fsp3) is 0.192. The van der Waals surface area contributed by atoms with Crippen molar-refractivity contribution in [3.8, 4) is 17.1 Å². The number of ether oxygens (including phenoxy) is 1. The van der Waals surface area contributed by atoms with Crippen molar-refractivity contribution in [3.63, 3.8) is 0 Å². The van der Waals surface area contributed by atoms with Crippen molar-refractivity contribution < 1.29 is 9.53 Å². The number of thioether (sulfide) groups is 1. The lowest BCUT2D eigenvalue weighted by atomic mass is 10.2. The highest BCUT2D eigenvalue weighted by Crippen LogP contribution is 2.28. The molecule has 0 saturated carbocycles. The molecule has 3 aromatic carbocycles. The largest absolute Gasteiger partial charge is 0.378 e. The van der Waals surface area contributed by atoms with Gasteiger partial charge >= 0.3 is 0 Å². The molecule has 1 aliphatic rings. The zero-order chi connectivity index (χ0) is 23.2. The first-order chi connectivity index (χ1) is 16.8. The van der Waals surface area contributed by atoms with Crippen LogP contribution in [0.4, 0.5) is 11.4 Å². The van der Waals surface area contributed by atoms with E-state index in [4.69, 9.17) is 4.74 Å². The van der Waals surface area contributed by atoms with Crippen LogP contribution in [0.5, 0.6) is 0 Å². The third-order valence-electron chi connectivity index (χ3n) is 5.54. The Labute approximate surface area is 202 Å². The van der Waals surface area contributed by atoms with Gasteiger partial charge in [-0.3, -0.25) is 9.36 Å². The molecule has 172 valence electrons. The summed E-state index contributed by atoms with van der Waals surface area (Å²) in [5, 5.41) is 12.5. The van der Waals surface area contributed by atoms with E-state index < -0.39 is 0 Å². The third kappa shape index (κ3) is 5.13. The molecule has 0 radical (unpaired) electrons. The molecule has 7 nitrogen and oxygen atoms in total. The van der Waals surface area contributed by atoms with Gasteiger partial charge in [0.2, 0.25) is 5.91 Å². The van der Waals surface area contributed by atoms with E-state index in [0.29, 0.717) is 5.16 Å². The first-order valence-electron chi connectivity index (χ1n) is 11.2. The number of morpholine rings is 1. The van der Waals surface area contributed by atoms with Crippen LogP contribution in [0.2, 0.25) is 0 Å². The average Bonchev–Trinajstić information content (AvgIpc) is 3.33. The first-order valence-corrected chi connectivity index (χ1v) is 12.2. The summed E-state index contributed by atoms with van der Waals surface area (Å²) in [4.78, 5) is 15.0. The number of hydrogen-bond acceptors (Lipinski definition) is 6. The highest BCUT2D eigenvalue weighted by molar-refractivity contribution is 7.99. The van der Waals surface area contributed by atoms with E-state index in [9.17, 15) is 4.79 Å². The minimum atomic E-state index is -0.0898. The van der Waals surface area contributed by atoms with Crippen LogP contribution in [-0.4, -0.2) is 52.7 Å². The molecule has 0 aliphatic carbocycles. The highest BCUT2D eigenvalue weighted by Gasteiger charge is 2.17. The van der Waals surface area contributed by atoms with Crippen molar-refractivity contribution in [1.29, 1.82) is 0 Å². The second kappa shape index (κ2) is 10.5. The number of para-hydroxylation sites is 1. The molecule has 1 aromatic heterocycles. The van der Waals surface area contributed by atoms with Crippen LogP contribution in [0, 0.1) is 0 Å². The average molecular weight is 472 g/mol. The van der Waals surface area contributed by atoms with Crippen LogP contribution in [0.15, 0.2) is 90.1 Å². The summed E-state index contributed by atoms with van der Waals surface area (Å²) in [7, 11) is 0. The molecule has 1 saturated heterocycles. The Morgan fingerprint density at radius 1 is 0.853 bits per heavy atom. The van der Waals surface area contributed by atoms with Crippen LogP contribution in [-0.2, 0) is 9.53 Å². The van der Waals surface area contributed by atoms with Gasteiger partial charge in [-0.15, -0.1) is 10.2 Å². The number of anilines is 2. The van der Waals surface area contributed by atoms with Gasteiger partial charge in [0.1, 0.15) is 0 Å². The van der Waals surface area contributed by atoms with Crippen molar-refractivity contribution in [3.05, 3.63) is 84.9 Å². The van der Waals surface area contributed by atoms with E-state index in [2.05, 4.69) is 20.4 Å². The Hall–Kier alpha value is -3.62. The van der Waals surface area contributed by atoms with Crippen molar-refractivity contribution in [2.24, 2.45) is 0 Å². The van der Waals surface area contributed by atoms with E-state index in [1.807, 2.05) is 89.5 Å². The van der Waals surface area contributed by atoms with Gasteiger partial charge in [0, 0.05) is 35.7 Å². The van der Waals surface area contributed by atoms with Gasteiger partial charge in [0.15, 0.2) is 11.0 Å². The molecule has 4 aromatic rings. The van der Waals surface area contributed by atoms with Gasteiger partial charge < -0.3 is 15.0 Å². The van der Waals surface area contributed by atoms with Crippen molar-refractivity contribution in [2.45, 2.75) is 5.16 Å². The molecule has 2 heterocycles. The van der Waals surface area contributed by atoms with E-state index in [1.54, 1.807) is 0 Å². The monoisotopic (exact) mass is 471 g/mol. The van der Waals surface area contributed by atoms with Gasteiger partial charge in [-0.05, 0) is 36.4 Å². The number of nitrogens with zero attached hydrogens (tertiary/aromatic N) is 4. The highest BCUT2D eigenvalue weighted by atomic mass is 32.2. The number of amides is 1. The summed E-state index contributed by atoms with van der Waals surface area (Å²) in [6.45, 7) is 3.26. The summed E-state index contributed by atoms with van der Waals surface area (Å²) in [6.07, 6.45) is 0. The Kier molecular flexibility index (Phi) is 6.88. The van der Waals surface area contributed by atoms with Gasteiger partial charge in [0.05, 0.1) is 19.0 Å². The summed E-state index contributed by atoms with van der Waals surface area (Å²) >= 11 is 1.37. The summed E-state index contributed by atoms with van der Waals surface area (Å²) in [6, 6.07) is 27.8. The van der Waals surface area contributed by atoms with Crippen LogP contribution in [0.3, 0.4) is 0 Å². The third-order valence-corrected chi connectivity index (χ3v) is 6.47. The number of carbonyl (C=O) groups is 1. The minimum absolute atomic E-state index is 0.0898. The molecule has 1 fully saturated rings. The molecule has 1 N–H and O–H groups in total. The molecule has 1 amide bonds. The Bertz CT molecular complexity index is 1220. The van der Waals surface area contributed by atoms with E-state index in [-0.39, 0.29) is 11.7 Å². The van der Waals surface area contributed by atoms with Gasteiger partial charge in [-0.2, -0.15) is 0 Å². The Morgan fingerprint density at radius 3 is 2.24 bits per heavy atom. The lowest BCUT2D eigenvalue weighted by Gasteiger charge is -2.28. The second-order valence-electron chi connectivity index (χ2n) is 7.83. The summed E-state index contributed by atoms with van der Waals surface area (Å²) < 4.78 is 7.40. The molecule has 34 heavy (non-hydrogen) atoms. The fourth-order valence-electron chi connectivity index (χ4n) is 3.85. The maximum atomic E-state index is 12.7. The standard InChI is InChI=1S/C26H25N5O2S/c32-24(27-21-11-13-22(14-12-21)30-15-17-33-18-16-30)19-34-26-29-28-25(20-7-3-1-4-8-20)31(26)23-9-5-2-6-10-23/h1-14H,15-19H2,(H,27,32). The Morgan fingerprint density at radius 2 is 1.53 bits per heavy atom. The topological polar surface area (TPSA) is 72.3 Å². The van der Waals surface area contributed by atoms with Crippen LogP contribution in [0.25, 0.3) is 17.1 Å². The number of rotatable bonds is 7. The predicted octanol–water partition coefficient (Wildman–Crippen LogP) is 4.50. The molecule has 5 rings (SSSR count). The lowest BCUT2D eigenvalue weighted by molar-refractivity contribution is -0.113. The summed E-state index contributed by atoms with van der Waals surface area (Å²) in [5.41, 5.74) is 3.83. The SMILES string of the molecule is O=C(CSc1nnc(-c2ccccc2)n1-c1ccccc1)Nc1ccc(N2CCOCC2)cc1. The van der Waals surface area contributed by atoms with Crippen LogP contribution >= 0.6 is 11.8 Å². The molecule has 0 spiro atoms. The molecule has 0 atom stereocenters. The fourth-order valence-corrected chi connectivity index (χ4v) is 4.60. The number of carbonyl (C=O) groups excluding carboxylic acids is 1. The second-order valence-corrected chi connectivity index (χ2v) is 8.77. The van der Waals surface area contributed by atoms with E-state index in [1.165, 1.54) is 11.8 Å². The van der Waals surface area contributed by atoms with Gasteiger partial charge in [0.25, 0.3) is 0 Å². The van der Waals surface area contributed by atoms with Crippen LogP contribution in [0.1, 0.15) is 0 Å². The zero-order valence-corrected chi connectivity index (χ0v) is 19.4. The summed E-state index contributed by atoms with van der Waals surface area (Å²) in [5.74, 6) is 0.881.